The van der Waals surface area contributed by atoms with E-state index < -0.39 is 0 Å². The molecule has 22 heavy (non-hydrogen) atoms. The molecule has 1 aliphatic rings. The first-order valence-corrected chi connectivity index (χ1v) is 9.02. The molecule has 2 nitrogen and oxygen atoms in total. The first-order chi connectivity index (χ1) is 10.6. The van der Waals surface area contributed by atoms with Crippen LogP contribution in [0.4, 0.5) is 0 Å². The molecule has 1 aromatic rings. The van der Waals surface area contributed by atoms with Crippen molar-refractivity contribution in [3.05, 3.63) is 35.4 Å². The zero-order chi connectivity index (χ0) is 15.8. The lowest BCUT2D eigenvalue weighted by Crippen LogP contribution is -2.51. The highest BCUT2D eigenvalue weighted by molar-refractivity contribution is 5.24. The van der Waals surface area contributed by atoms with Gasteiger partial charge in [-0.15, -0.1) is 0 Å². The Kier molecular flexibility index (Phi) is 6.91. The number of ether oxygens (including phenoxy) is 1. The first kappa shape index (κ1) is 17.5. The van der Waals surface area contributed by atoms with Crippen LogP contribution >= 0.6 is 0 Å². The van der Waals surface area contributed by atoms with E-state index >= 15 is 0 Å². The van der Waals surface area contributed by atoms with E-state index in [-0.39, 0.29) is 5.54 Å². The Hall–Kier alpha value is -0.860. The predicted octanol–water partition coefficient (Wildman–Crippen LogP) is 4.46. The summed E-state index contributed by atoms with van der Waals surface area (Å²) in [5.41, 5.74) is 3.16. The minimum atomic E-state index is 0.215. The van der Waals surface area contributed by atoms with Gasteiger partial charge < -0.3 is 4.74 Å². The number of nitrogens with zero attached hydrogens (tertiary/aromatic N) is 1. The summed E-state index contributed by atoms with van der Waals surface area (Å²) in [5, 5.41) is 0. The second kappa shape index (κ2) is 8.69. The number of hydrogen-bond donors (Lipinski definition) is 0. The molecule has 1 aromatic carbocycles. The molecule has 1 fully saturated rings. The van der Waals surface area contributed by atoms with Gasteiger partial charge in [-0.05, 0) is 44.2 Å². The van der Waals surface area contributed by atoms with Gasteiger partial charge >= 0.3 is 0 Å². The van der Waals surface area contributed by atoms with E-state index in [4.69, 9.17) is 4.74 Å². The van der Waals surface area contributed by atoms with E-state index in [1.807, 2.05) is 0 Å². The highest BCUT2D eigenvalue weighted by Crippen LogP contribution is 2.22. The van der Waals surface area contributed by atoms with Crippen LogP contribution in [0.5, 0.6) is 0 Å². The molecule has 0 spiro atoms. The van der Waals surface area contributed by atoms with Crippen LogP contribution in [0.15, 0.2) is 24.3 Å². The van der Waals surface area contributed by atoms with Crippen molar-refractivity contribution in [2.24, 2.45) is 0 Å². The van der Waals surface area contributed by atoms with Gasteiger partial charge in [0.2, 0.25) is 0 Å². The third kappa shape index (κ3) is 5.40. The molecular formula is C20H33NO. The van der Waals surface area contributed by atoms with Crippen molar-refractivity contribution >= 4 is 0 Å². The summed E-state index contributed by atoms with van der Waals surface area (Å²) in [6, 6.07) is 9.32. The fraction of sp³-hybridized carbons (Fsp3) is 0.700. The normalized spacial score (nSPS) is 16.9. The molecule has 1 saturated heterocycles. The maximum Gasteiger partial charge on any atom is 0.0594 e. The second-order valence-electron chi connectivity index (χ2n) is 7.22. The zero-order valence-electron chi connectivity index (χ0n) is 14.7. The lowest BCUT2D eigenvalue weighted by atomic mass is 9.91. The molecule has 0 saturated carbocycles. The third-order valence-corrected chi connectivity index (χ3v) is 4.85. The van der Waals surface area contributed by atoms with Gasteiger partial charge in [0.1, 0.15) is 0 Å². The van der Waals surface area contributed by atoms with Gasteiger partial charge in [0.15, 0.2) is 0 Å². The van der Waals surface area contributed by atoms with Crippen molar-refractivity contribution in [1.29, 1.82) is 0 Å². The second-order valence-corrected chi connectivity index (χ2v) is 7.22. The molecule has 1 heterocycles. The van der Waals surface area contributed by atoms with Crippen molar-refractivity contribution in [1.82, 2.24) is 4.90 Å². The molecule has 2 heteroatoms. The predicted molar refractivity (Wildman–Crippen MR) is 94.5 cm³/mol. The van der Waals surface area contributed by atoms with Crippen LogP contribution in [0.25, 0.3) is 0 Å². The highest BCUT2D eigenvalue weighted by Gasteiger charge is 2.28. The summed E-state index contributed by atoms with van der Waals surface area (Å²) in [7, 11) is 0. The highest BCUT2D eigenvalue weighted by atomic mass is 16.5. The molecule has 0 unspecified atom stereocenters. The van der Waals surface area contributed by atoms with E-state index in [0.29, 0.717) is 0 Å². The number of unbranched alkanes of at least 4 members (excludes halogenated alkanes) is 3. The number of rotatable bonds is 8. The van der Waals surface area contributed by atoms with E-state index in [0.717, 1.165) is 32.7 Å². The SMILES string of the molecule is CCCCCCc1ccc(CC(C)(C)N2CCOCC2)cc1. The Labute approximate surface area is 136 Å². The molecule has 0 amide bonds. The van der Waals surface area contributed by atoms with Gasteiger partial charge in [-0.25, -0.2) is 0 Å². The van der Waals surface area contributed by atoms with Crippen molar-refractivity contribution < 1.29 is 4.74 Å². The number of benzene rings is 1. The van der Waals surface area contributed by atoms with Crippen LogP contribution in [-0.4, -0.2) is 36.7 Å². The summed E-state index contributed by atoms with van der Waals surface area (Å²) >= 11 is 0. The number of hydrogen-bond acceptors (Lipinski definition) is 2. The molecule has 0 aliphatic carbocycles. The lowest BCUT2D eigenvalue weighted by molar-refractivity contribution is -0.00984. The average molecular weight is 303 g/mol. The molecule has 0 atom stereocenters. The van der Waals surface area contributed by atoms with Crippen LogP contribution < -0.4 is 0 Å². The minimum absolute atomic E-state index is 0.215. The zero-order valence-corrected chi connectivity index (χ0v) is 14.7. The number of morpholine rings is 1. The van der Waals surface area contributed by atoms with Crippen LogP contribution in [0, 0.1) is 0 Å². The fourth-order valence-electron chi connectivity index (χ4n) is 3.36. The van der Waals surface area contributed by atoms with E-state index in [9.17, 15) is 0 Å². The maximum atomic E-state index is 5.47. The topological polar surface area (TPSA) is 12.5 Å². The third-order valence-electron chi connectivity index (χ3n) is 4.85. The van der Waals surface area contributed by atoms with Crippen LogP contribution in [-0.2, 0) is 17.6 Å². The summed E-state index contributed by atoms with van der Waals surface area (Å²) in [4.78, 5) is 2.56. The Balaban J connectivity index is 1.84. The van der Waals surface area contributed by atoms with Crippen LogP contribution in [0.2, 0.25) is 0 Å². The Bertz CT molecular complexity index is 418. The Morgan fingerprint density at radius 2 is 1.59 bits per heavy atom. The van der Waals surface area contributed by atoms with Crippen molar-refractivity contribution in [3.8, 4) is 0 Å². The van der Waals surface area contributed by atoms with E-state index in [1.54, 1.807) is 0 Å². The maximum absolute atomic E-state index is 5.47. The van der Waals surface area contributed by atoms with Gasteiger partial charge in [0.05, 0.1) is 13.2 Å². The molecule has 124 valence electrons. The van der Waals surface area contributed by atoms with Crippen molar-refractivity contribution in [3.63, 3.8) is 0 Å². The molecule has 0 N–H and O–H groups in total. The molecule has 1 aliphatic heterocycles. The van der Waals surface area contributed by atoms with Gasteiger partial charge in [-0.3, -0.25) is 4.90 Å². The lowest BCUT2D eigenvalue weighted by Gasteiger charge is -2.41. The molecule has 2 rings (SSSR count). The monoisotopic (exact) mass is 303 g/mol. The van der Waals surface area contributed by atoms with Crippen LogP contribution in [0.1, 0.15) is 57.6 Å². The van der Waals surface area contributed by atoms with Crippen LogP contribution in [0.3, 0.4) is 0 Å². The number of aryl methyl sites for hydroxylation is 1. The standard InChI is InChI=1S/C20H33NO/c1-4-5-6-7-8-18-9-11-19(12-10-18)17-20(2,3)21-13-15-22-16-14-21/h9-12H,4-8,13-17H2,1-3H3. The smallest absolute Gasteiger partial charge is 0.0594 e. The van der Waals surface area contributed by atoms with Gasteiger partial charge in [0, 0.05) is 18.6 Å². The quantitative estimate of drug-likeness (QED) is 0.657. The Morgan fingerprint density at radius 1 is 0.955 bits per heavy atom. The van der Waals surface area contributed by atoms with Crippen molar-refractivity contribution in [2.75, 3.05) is 26.3 Å². The van der Waals surface area contributed by atoms with E-state index in [2.05, 4.69) is 49.9 Å². The largest absolute Gasteiger partial charge is 0.379 e. The van der Waals surface area contributed by atoms with Crippen molar-refractivity contribution in [2.45, 2.75) is 64.8 Å². The van der Waals surface area contributed by atoms with Gasteiger partial charge in [-0.1, -0.05) is 50.5 Å². The average Bonchev–Trinajstić information content (AvgIpc) is 2.54. The molecule has 0 bridgehead atoms. The molecule has 0 radical (unpaired) electrons. The minimum Gasteiger partial charge on any atom is -0.379 e. The summed E-state index contributed by atoms with van der Waals surface area (Å²) in [6.45, 7) is 10.9. The summed E-state index contributed by atoms with van der Waals surface area (Å²) < 4.78 is 5.47. The van der Waals surface area contributed by atoms with Gasteiger partial charge in [-0.2, -0.15) is 0 Å². The Morgan fingerprint density at radius 3 is 2.23 bits per heavy atom. The first-order valence-electron chi connectivity index (χ1n) is 9.02. The molecule has 0 aromatic heterocycles. The molecular weight excluding hydrogens is 270 g/mol. The van der Waals surface area contributed by atoms with E-state index in [1.165, 1.54) is 43.2 Å². The summed E-state index contributed by atoms with van der Waals surface area (Å²) in [6.07, 6.45) is 7.71. The summed E-state index contributed by atoms with van der Waals surface area (Å²) in [5.74, 6) is 0. The fourth-order valence-corrected chi connectivity index (χ4v) is 3.36. The van der Waals surface area contributed by atoms with Gasteiger partial charge in [0.25, 0.3) is 0 Å².